The van der Waals surface area contributed by atoms with Crippen LogP contribution in [0, 0.1) is 0 Å². The molecule has 0 aliphatic heterocycles. The zero-order valence-electron chi connectivity index (χ0n) is 10.7. The van der Waals surface area contributed by atoms with Crippen molar-refractivity contribution in [3.05, 3.63) is 42.4 Å². The van der Waals surface area contributed by atoms with E-state index < -0.39 is 0 Å². The van der Waals surface area contributed by atoms with Crippen molar-refractivity contribution in [1.82, 2.24) is 14.6 Å². The molecule has 0 saturated heterocycles. The van der Waals surface area contributed by atoms with Crippen molar-refractivity contribution in [2.24, 2.45) is 0 Å². The van der Waals surface area contributed by atoms with Crippen LogP contribution in [0.3, 0.4) is 0 Å². The molecule has 0 spiro atoms. The smallest absolute Gasteiger partial charge is 0.151 e. The first kappa shape index (κ1) is 11.5. The minimum Gasteiger partial charge on any atom is -0.399 e. The summed E-state index contributed by atoms with van der Waals surface area (Å²) in [6.07, 6.45) is 2.36. The van der Waals surface area contributed by atoms with Crippen LogP contribution in [-0.4, -0.2) is 14.6 Å². The summed E-state index contributed by atoms with van der Waals surface area (Å²) in [7, 11) is 0. The Morgan fingerprint density at radius 1 is 1.16 bits per heavy atom. The van der Waals surface area contributed by atoms with Gasteiger partial charge in [-0.05, 0) is 30.2 Å². The van der Waals surface area contributed by atoms with Gasteiger partial charge in [0.1, 0.15) is 11.8 Å². The van der Waals surface area contributed by atoms with Crippen molar-refractivity contribution in [2.75, 3.05) is 11.5 Å². The summed E-state index contributed by atoms with van der Waals surface area (Å²) in [5.74, 6) is 0.488. The molecule has 5 heteroatoms. The first-order chi connectivity index (χ1) is 9.20. The highest BCUT2D eigenvalue weighted by molar-refractivity contribution is 5.88. The SMILES string of the molecule is CCc1cc(-c2ccc(N)cc2)c2c(N)ncnn12. The van der Waals surface area contributed by atoms with Gasteiger partial charge >= 0.3 is 0 Å². The molecule has 0 aliphatic carbocycles. The average Bonchev–Trinajstić information content (AvgIpc) is 2.80. The van der Waals surface area contributed by atoms with E-state index >= 15 is 0 Å². The number of nitrogens with zero attached hydrogens (tertiary/aromatic N) is 3. The molecular formula is C14H15N5. The summed E-state index contributed by atoms with van der Waals surface area (Å²) in [5, 5.41) is 4.28. The largest absolute Gasteiger partial charge is 0.399 e. The highest BCUT2D eigenvalue weighted by Gasteiger charge is 2.13. The van der Waals surface area contributed by atoms with Crippen LogP contribution in [0.25, 0.3) is 16.6 Å². The molecule has 0 radical (unpaired) electrons. The van der Waals surface area contributed by atoms with Gasteiger partial charge in [0.25, 0.3) is 0 Å². The standard InChI is InChI=1S/C14H15N5/c1-2-11-7-12(9-3-5-10(15)6-4-9)13-14(16)17-8-18-19(11)13/h3-8H,2,15H2,1H3,(H2,16,17,18). The number of benzene rings is 1. The van der Waals surface area contributed by atoms with E-state index in [9.17, 15) is 0 Å². The molecule has 0 saturated carbocycles. The van der Waals surface area contributed by atoms with Gasteiger partial charge in [0, 0.05) is 16.9 Å². The summed E-state index contributed by atoms with van der Waals surface area (Å²) in [5.41, 5.74) is 16.5. The predicted octanol–water partition coefficient (Wildman–Crippen LogP) is 2.12. The van der Waals surface area contributed by atoms with E-state index in [0.717, 1.165) is 34.4 Å². The topological polar surface area (TPSA) is 82.2 Å². The van der Waals surface area contributed by atoms with Crippen LogP contribution in [0.5, 0.6) is 0 Å². The molecule has 0 aliphatic rings. The van der Waals surface area contributed by atoms with Crippen LogP contribution in [0.1, 0.15) is 12.6 Å². The lowest BCUT2D eigenvalue weighted by molar-refractivity contribution is 0.841. The van der Waals surface area contributed by atoms with Gasteiger partial charge in [-0.1, -0.05) is 19.1 Å². The zero-order chi connectivity index (χ0) is 13.4. The molecule has 1 aromatic carbocycles. The molecule has 3 aromatic rings. The first-order valence-corrected chi connectivity index (χ1v) is 6.17. The van der Waals surface area contributed by atoms with E-state index in [1.54, 1.807) is 0 Å². The Morgan fingerprint density at radius 3 is 2.58 bits per heavy atom. The second kappa shape index (κ2) is 4.28. The van der Waals surface area contributed by atoms with Gasteiger partial charge in [-0.25, -0.2) is 9.50 Å². The number of nitrogens with two attached hydrogens (primary N) is 2. The Kier molecular flexibility index (Phi) is 2.59. The van der Waals surface area contributed by atoms with Crippen LogP contribution in [0.2, 0.25) is 0 Å². The lowest BCUT2D eigenvalue weighted by Gasteiger charge is -2.03. The van der Waals surface area contributed by atoms with Crippen molar-refractivity contribution < 1.29 is 0 Å². The Labute approximate surface area is 110 Å². The van der Waals surface area contributed by atoms with Crippen LogP contribution < -0.4 is 11.5 Å². The minimum atomic E-state index is 0.488. The summed E-state index contributed by atoms with van der Waals surface area (Å²) in [6.45, 7) is 2.09. The molecule has 5 nitrogen and oxygen atoms in total. The number of fused-ring (bicyclic) bond motifs is 1. The third kappa shape index (κ3) is 1.79. The predicted molar refractivity (Wildman–Crippen MR) is 76.6 cm³/mol. The van der Waals surface area contributed by atoms with Gasteiger partial charge in [-0.3, -0.25) is 0 Å². The fourth-order valence-corrected chi connectivity index (χ4v) is 2.27. The molecule has 0 amide bonds. The third-order valence-electron chi connectivity index (χ3n) is 3.24. The van der Waals surface area contributed by atoms with Gasteiger partial charge in [0.15, 0.2) is 5.82 Å². The number of rotatable bonds is 2. The Hall–Kier alpha value is -2.56. The van der Waals surface area contributed by atoms with E-state index in [1.165, 1.54) is 6.33 Å². The molecule has 0 fully saturated rings. The van der Waals surface area contributed by atoms with Crippen molar-refractivity contribution in [3.63, 3.8) is 0 Å². The van der Waals surface area contributed by atoms with E-state index in [0.29, 0.717) is 5.82 Å². The molecular weight excluding hydrogens is 238 g/mol. The van der Waals surface area contributed by atoms with Gasteiger partial charge in [-0.2, -0.15) is 5.10 Å². The Morgan fingerprint density at radius 2 is 1.89 bits per heavy atom. The van der Waals surface area contributed by atoms with Crippen molar-refractivity contribution >= 4 is 17.0 Å². The number of aromatic nitrogens is 3. The Balaban J connectivity index is 2.32. The average molecular weight is 253 g/mol. The molecule has 3 rings (SSSR count). The van der Waals surface area contributed by atoms with E-state index in [2.05, 4.69) is 23.1 Å². The van der Waals surface area contributed by atoms with Crippen molar-refractivity contribution in [2.45, 2.75) is 13.3 Å². The molecule has 19 heavy (non-hydrogen) atoms. The number of aryl methyl sites for hydroxylation is 1. The normalized spacial score (nSPS) is 11.0. The molecule has 0 atom stereocenters. The monoisotopic (exact) mass is 253 g/mol. The number of hydrogen-bond donors (Lipinski definition) is 2. The van der Waals surface area contributed by atoms with Gasteiger partial charge in [-0.15, -0.1) is 0 Å². The van der Waals surface area contributed by atoms with Crippen LogP contribution in [0.4, 0.5) is 11.5 Å². The van der Waals surface area contributed by atoms with Crippen LogP contribution in [0.15, 0.2) is 36.7 Å². The first-order valence-electron chi connectivity index (χ1n) is 6.17. The Bertz CT molecular complexity index is 727. The van der Waals surface area contributed by atoms with E-state index in [1.807, 2.05) is 28.8 Å². The number of anilines is 2. The molecule has 0 bridgehead atoms. The second-order valence-corrected chi connectivity index (χ2v) is 4.43. The van der Waals surface area contributed by atoms with Gasteiger partial charge in [0.05, 0.1) is 0 Å². The summed E-state index contributed by atoms with van der Waals surface area (Å²) >= 11 is 0. The maximum Gasteiger partial charge on any atom is 0.151 e. The summed E-state index contributed by atoms with van der Waals surface area (Å²) < 4.78 is 1.86. The second-order valence-electron chi connectivity index (χ2n) is 4.43. The van der Waals surface area contributed by atoms with Crippen molar-refractivity contribution in [3.8, 4) is 11.1 Å². The zero-order valence-corrected chi connectivity index (χ0v) is 10.7. The third-order valence-corrected chi connectivity index (χ3v) is 3.24. The van der Waals surface area contributed by atoms with Gasteiger partial charge < -0.3 is 11.5 Å². The molecule has 2 heterocycles. The van der Waals surface area contributed by atoms with Crippen LogP contribution in [-0.2, 0) is 6.42 Å². The number of nitrogen functional groups attached to an aromatic ring is 2. The lowest BCUT2D eigenvalue weighted by atomic mass is 10.1. The van der Waals surface area contributed by atoms with Crippen molar-refractivity contribution in [1.29, 1.82) is 0 Å². The fourth-order valence-electron chi connectivity index (χ4n) is 2.27. The maximum absolute atomic E-state index is 6.00. The summed E-state index contributed by atoms with van der Waals surface area (Å²) in [6, 6.07) is 9.83. The fraction of sp³-hybridized carbons (Fsp3) is 0.143. The number of hydrogen-bond acceptors (Lipinski definition) is 4. The lowest BCUT2D eigenvalue weighted by Crippen LogP contribution is -2.01. The highest BCUT2D eigenvalue weighted by Crippen LogP contribution is 2.30. The van der Waals surface area contributed by atoms with E-state index in [4.69, 9.17) is 11.5 Å². The highest BCUT2D eigenvalue weighted by atomic mass is 15.3. The van der Waals surface area contributed by atoms with Crippen LogP contribution >= 0.6 is 0 Å². The molecule has 4 N–H and O–H groups in total. The van der Waals surface area contributed by atoms with Gasteiger partial charge in [0.2, 0.25) is 0 Å². The minimum absolute atomic E-state index is 0.488. The van der Waals surface area contributed by atoms with E-state index in [-0.39, 0.29) is 0 Å². The quantitative estimate of drug-likeness (QED) is 0.685. The summed E-state index contributed by atoms with van der Waals surface area (Å²) in [4.78, 5) is 4.08. The molecule has 2 aromatic heterocycles. The maximum atomic E-state index is 6.00. The molecule has 96 valence electrons. The molecule has 0 unspecified atom stereocenters.